The first kappa shape index (κ1) is 11.5. The highest BCUT2D eigenvalue weighted by atomic mass is 16.5. The molecule has 1 aliphatic carbocycles. The van der Waals surface area contributed by atoms with E-state index in [0.29, 0.717) is 16.7 Å². The highest BCUT2D eigenvalue weighted by Crippen LogP contribution is 2.28. The normalized spacial score (nSPS) is 17.8. The largest absolute Gasteiger partial charge is 0.485 e. The minimum atomic E-state index is -0.456. The topological polar surface area (TPSA) is 81.0 Å². The summed E-state index contributed by atoms with van der Waals surface area (Å²) in [6.07, 6.45) is 8.73. The van der Waals surface area contributed by atoms with E-state index in [0.717, 1.165) is 6.42 Å². The number of aromatic amines is 1. The maximum Gasteiger partial charge on any atom is 0.347 e. The highest BCUT2D eigenvalue weighted by Gasteiger charge is 2.12. The van der Waals surface area contributed by atoms with Crippen LogP contribution in [0.15, 0.2) is 47.3 Å². The molecular formula is C14H13N3O2. The number of nitrogens with one attached hydrogen (secondary N) is 1. The van der Waals surface area contributed by atoms with Gasteiger partial charge in [-0.05, 0) is 18.2 Å². The molecule has 3 rings (SSSR count). The third-order valence-corrected chi connectivity index (χ3v) is 2.97. The summed E-state index contributed by atoms with van der Waals surface area (Å²) in [5.41, 5.74) is 5.99. The fourth-order valence-electron chi connectivity index (χ4n) is 2.11. The van der Waals surface area contributed by atoms with E-state index in [-0.39, 0.29) is 11.9 Å². The molecule has 0 fully saturated rings. The van der Waals surface area contributed by atoms with E-state index < -0.39 is 5.69 Å². The number of allylic oxidation sites excluding steroid dienone is 2. The number of rotatable bonds is 2. The van der Waals surface area contributed by atoms with Gasteiger partial charge in [-0.25, -0.2) is 4.79 Å². The Morgan fingerprint density at radius 1 is 1.37 bits per heavy atom. The molecule has 0 bridgehead atoms. The summed E-state index contributed by atoms with van der Waals surface area (Å²) in [6.45, 7) is 0. The average molecular weight is 255 g/mol. The Bertz CT molecular complexity index is 731. The standard InChI is InChI=1S/C14H13N3O2/c15-13-12-10(16-14(18)17-13)7-4-8-11(12)19-9-5-2-1-3-6-9/h1-5,7-9H,6H2,(H3,15,16,17,18). The lowest BCUT2D eigenvalue weighted by Crippen LogP contribution is -2.16. The van der Waals surface area contributed by atoms with Gasteiger partial charge in [0.05, 0.1) is 10.9 Å². The Morgan fingerprint density at radius 2 is 2.26 bits per heavy atom. The number of fused-ring (bicyclic) bond motifs is 1. The van der Waals surface area contributed by atoms with Crippen molar-refractivity contribution in [2.24, 2.45) is 0 Å². The summed E-state index contributed by atoms with van der Waals surface area (Å²) in [4.78, 5) is 17.7. The molecule has 1 unspecified atom stereocenters. The Kier molecular flexibility index (Phi) is 2.79. The molecule has 5 nitrogen and oxygen atoms in total. The van der Waals surface area contributed by atoms with Crippen molar-refractivity contribution in [3.63, 3.8) is 0 Å². The molecule has 3 N–H and O–H groups in total. The molecule has 5 heteroatoms. The van der Waals surface area contributed by atoms with E-state index in [9.17, 15) is 4.79 Å². The molecule has 1 aromatic heterocycles. The summed E-state index contributed by atoms with van der Waals surface area (Å²) >= 11 is 0. The SMILES string of the molecule is Nc1nc(=O)[nH]c2cccc(OC3C=CC=CC3)c12. The van der Waals surface area contributed by atoms with Gasteiger partial charge in [-0.3, -0.25) is 0 Å². The number of nitrogen functional groups attached to an aromatic ring is 1. The van der Waals surface area contributed by atoms with E-state index in [1.165, 1.54) is 0 Å². The molecule has 0 saturated heterocycles. The molecule has 0 radical (unpaired) electrons. The van der Waals surface area contributed by atoms with Gasteiger partial charge in [0.25, 0.3) is 0 Å². The first-order valence-electron chi connectivity index (χ1n) is 6.02. The van der Waals surface area contributed by atoms with Gasteiger partial charge < -0.3 is 15.5 Å². The zero-order valence-electron chi connectivity index (χ0n) is 10.2. The lowest BCUT2D eigenvalue weighted by molar-refractivity contribution is 0.255. The second-order valence-electron chi connectivity index (χ2n) is 4.31. The van der Waals surface area contributed by atoms with E-state index >= 15 is 0 Å². The van der Waals surface area contributed by atoms with Gasteiger partial charge in [0.2, 0.25) is 0 Å². The second-order valence-corrected chi connectivity index (χ2v) is 4.31. The predicted octanol–water partition coefficient (Wildman–Crippen LogP) is 1.77. The molecule has 2 aromatic rings. The van der Waals surface area contributed by atoms with Crippen LogP contribution in [0.3, 0.4) is 0 Å². The smallest absolute Gasteiger partial charge is 0.347 e. The summed E-state index contributed by atoms with van der Waals surface area (Å²) in [5.74, 6) is 0.813. The Morgan fingerprint density at radius 3 is 3.05 bits per heavy atom. The second kappa shape index (κ2) is 4.61. The minimum absolute atomic E-state index is 0.0260. The molecule has 1 atom stereocenters. The molecule has 19 heavy (non-hydrogen) atoms. The first-order valence-corrected chi connectivity index (χ1v) is 6.02. The summed E-state index contributed by atoms with van der Waals surface area (Å²) in [6, 6.07) is 5.42. The minimum Gasteiger partial charge on any atom is -0.485 e. The third-order valence-electron chi connectivity index (χ3n) is 2.97. The van der Waals surface area contributed by atoms with Gasteiger partial charge in [-0.15, -0.1) is 0 Å². The zero-order valence-corrected chi connectivity index (χ0v) is 10.2. The van der Waals surface area contributed by atoms with E-state index in [1.807, 2.05) is 36.4 Å². The number of ether oxygens (including phenoxy) is 1. The molecule has 0 amide bonds. The van der Waals surface area contributed by atoms with Crippen LogP contribution in [0.2, 0.25) is 0 Å². The zero-order chi connectivity index (χ0) is 13.2. The number of hydrogen-bond donors (Lipinski definition) is 2. The van der Waals surface area contributed by atoms with Crippen molar-refractivity contribution in [1.82, 2.24) is 9.97 Å². The summed E-state index contributed by atoms with van der Waals surface area (Å²) in [7, 11) is 0. The van der Waals surface area contributed by atoms with Crippen LogP contribution < -0.4 is 16.2 Å². The number of hydrogen-bond acceptors (Lipinski definition) is 4. The van der Waals surface area contributed by atoms with Crippen LogP contribution in [0, 0.1) is 0 Å². The molecule has 0 saturated carbocycles. The van der Waals surface area contributed by atoms with Gasteiger partial charge in [-0.2, -0.15) is 4.98 Å². The van der Waals surface area contributed by atoms with Crippen molar-refractivity contribution in [3.05, 3.63) is 53.0 Å². The monoisotopic (exact) mass is 255 g/mol. The van der Waals surface area contributed by atoms with Crippen molar-refractivity contribution in [1.29, 1.82) is 0 Å². The number of H-pyrrole nitrogens is 1. The first-order chi connectivity index (χ1) is 9.24. The Hall–Kier alpha value is -2.56. The third kappa shape index (κ3) is 2.22. The Balaban J connectivity index is 2.06. The van der Waals surface area contributed by atoms with Crippen LogP contribution in [0.4, 0.5) is 5.82 Å². The molecule has 1 heterocycles. The fraction of sp³-hybridized carbons (Fsp3) is 0.143. The van der Waals surface area contributed by atoms with Crippen LogP contribution in [0.1, 0.15) is 6.42 Å². The summed E-state index contributed by atoms with van der Waals surface area (Å²) in [5, 5.41) is 0.644. The molecule has 1 aliphatic rings. The molecule has 0 spiro atoms. The number of benzene rings is 1. The number of nitrogens with two attached hydrogens (primary N) is 1. The fourth-order valence-corrected chi connectivity index (χ4v) is 2.11. The number of anilines is 1. The van der Waals surface area contributed by atoms with Gasteiger partial charge in [0.1, 0.15) is 17.7 Å². The van der Waals surface area contributed by atoms with Crippen molar-refractivity contribution in [3.8, 4) is 5.75 Å². The van der Waals surface area contributed by atoms with Gasteiger partial charge in [0.15, 0.2) is 0 Å². The molecule has 0 aliphatic heterocycles. The molecule has 96 valence electrons. The van der Waals surface area contributed by atoms with Crippen molar-refractivity contribution >= 4 is 16.7 Å². The Labute approximate surface area is 109 Å². The maximum absolute atomic E-state index is 11.3. The van der Waals surface area contributed by atoms with E-state index in [2.05, 4.69) is 9.97 Å². The number of aromatic nitrogens is 2. The van der Waals surface area contributed by atoms with Crippen molar-refractivity contribution in [2.45, 2.75) is 12.5 Å². The highest BCUT2D eigenvalue weighted by molar-refractivity contribution is 5.93. The predicted molar refractivity (Wildman–Crippen MR) is 74.1 cm³/mol. The quantitative estimate of drug-likeness (QED) is 0.856. The summed E-state index contributed by atoms with van der Waals surface area (Å²) < 4.78 is 5.91. The molecule has 1 aromatic carbocycles. The number of nitrogens with zero attached hydrogens (tertiary/aromatic N) is 1. The maximum atomic E-state index is 11.3. The van der Waals surface area contributed by atoms with Crippen LogP contribution in [0.25, 0.3) is 10.9 Å². The van der Waals surface area contributed by atoms with Gasteiger partial charge in [-0.1, -0.05) is 24.3 Å². The van der Waals surface area contributed by atoms with E-state index in [4.69, 9.17) is 10.5 Å². The lowest BCUT2D eigenvalue weighted by atomic mass is 10.1. The molecular weight excluding hydrogens is 242 g/mol. The van der Waals surface area contributed by atoms with Crippen LogP contribution in [-0.4, -0.2) is 16.1 Å². The van der Waals surface area contributed by atoms with E-state index in [1.54, 1.807) is 6.07 Å². The van der Waals surface area contributed by atoms with Gasteiger partial charge in [0, 0.05) is 6.42 Å². The van der Waals surface area contributed by atoms with Gasteiger partial charge >= 0.3 is 5.69 Å². The van der Waals surface area contributed by atoms with Crippen LogP contribution in [-0.2, 0) is 0 Å². The van der Waals surface area contributed by atoms with Crippen LogP contribution in [0.5, 0.6) is 5.75 Å². The van der Waals surface area contributed by atoms with Crippen molar-refractivity contribution < 1.29 is 4.74 Å². The van der Waals surface area contributed by atoms with Crippen LogP contribution >= 0.6 is 0 Å². The van der Waals surface area contributed by atoms with Crippen molar-refractivity contribution in [2.75, 3.05) is 5.73 Å². The average Bonchev–Trinajstić information content (AvgIpc) is 2.39. The lowest BCUT2D eigenvalue weighted by Gasteiger charge is -2.17.